The normalized spacial score (nSPS) is 18.7. The van der Waals surface area contributed by atoms with Crippen molar-refractivity contribution in [2.45, 2.75) is 96.4 Å². The SMILES string of the molecule is CC1CCCCN1c1nnc2ccc(O[C@@H]3CC[C@H](NC(=O)Nc4cc(C(C)(C)C)nn4-c4cccc(O[C@@H](C)CN(C)C)c4)c4ccccc43)cn12.O=CO. The Morgan fingerprint density at radius 3 is 2.50 bits per heavy atom. The second-order valence-electron chi connectivity index (χ2n) is 16.0. The van der Waals surface area contributed by atoms with E-state index in [-0.39, 0.29) is 36.2 Å². The maximum atomic E-state index is 13.8. The lowest BCUT2D eigenvalue weighted by Gasteiger charge is -2.33. The van der Waals surface area contributed by atoms with Gasteiger partial charge < -0.3 is 29.7 Å². The standard InChI is InChI=1S/C41H53N9O3.CH2O2/c1-27-13-10-11-22-48(27)40-45-44-37-21-18-31(26-49(37)40)53-35-20-19-34(32-16-8-9-17-33(32)35)42-39(51)43-38-24-36(41(3,4)5)46-50(38)29-14-12-15-30(23-29)52-28(2)25-47(6)7;2-1-3/h8-9,12,14-18,21,23-24,26-28,34-35H,10-11,13,19-20,22,25H2,1-7H3,(H2,42,43,51);1H,(H,2,3)/t27?,28-,34-,35+;/m0./s1. The first kappa shape index (κ1) is 40.0. The van der Waals surface area contributed by atoms with Crippen LogP contribution >= 0.6 is 0 Å². The lowest BCUT2D eigenvalue weighted by atomic mass is 9.85. The number of carboxylic acid groups (broad SMARTS) is 1. The van der Waals surface area contributed by atoms with Gasteiger partial charge in [0.15, 0.2) is 5.65 Å². The summed E-state index contributed by atoms with van der Waals surface area (Å²) >= 11 is 0. The minimum Gasteiger partial charge on any atom is -0.489 e. The molecule has 4 heterocycles. The summed E-state index contributed by atoms with van der Waals surface area (Å²) in [4.78, 5) is 26.6. The summed E-state index contributed by atoms with van der Waals surface area (Å²) in [5.74, 6) is 2.95. The van der Waals surface area contributed by atoms with Crippen molar-refractivity contribution in [3.05, 3.63) is 89.7 Å². The van der Waals surface area contributed by atoms with Gasteiger partial charge in [-0.3, -0.25) is 14.5 Å². The Hall–Kier alpha value is -5.63. The summed E-state index contributed by atoms with van der Waals surface area (Å²) in [5.41, 5.74) is 4.36. The number of anilines is 2. The third kappa shape index (κ3) is 9.41. The highest BCUT2D eigenvalue weighted by atomic mass is 16.5. The zero-order valence-corrected chi connectivity index (χ0v) is 33.5. The highest BCUT2D eigenvalue weighted by Gasteiger charge is 2.31. The molecule has 1 saturated heterocycles. The first-order chi connectivity index (χ1) is 26.8. The van der Waals surface area contributed by atoms with E-state index in [9.17, 15) is 4.79 Å². The van der Waals surface area contributed by atoms with E-state index in [1.54, 1.807) is 4.68 Å². The van der Waals surface area contributed by atoms with Gasteiger partial charge in [0.2, 0.25) is 5.95 Å². The van der Waals surface area contributed by atoms with E-state index in [2.05, 4.69) is 77.4 Å². The molecular weight excluding hydrogens is 711 g/mol. The van der Waals surface area contributed by atoms with Crippen LogP contribution in [-0.2, 0) is 10.2 Å². The van der Waals surface area contributed by atoms with Crippen molar-refractivity contribution in [2.75, 3.05) is 37.4 Å². The van der Waals surface area contributed by atoms with Crippen LogP contribution in [0.1, 0.15) is 95.7 Å². The number of benzene rings is 2. The number of nitrogens with one attached hydrogen (secondary N) is 2. The van der Waals surface area contributed by atoms with E-state index in [4.69, 9.17) is 24.5 Å². The largest absolute Gasteiger partial charge is 0.489 e. The summed E-state index contributed by atoms with van der Waals surface area (Å²) < 4.78 is 16.7. The first-order valence-electron chi connectivity index (χ1n) is 19.4. The molecule has 1 unspecified atom stereocenters. The van der Waals surface area contributed by atoms with Gasteiger partial charge in [-0.1, -0.05) is 51.1 Å². The zero-order valence-electron chi connectivity index (χ0n) is 33.5. The number of hydrogen-bond donors (Lipinski definition) is 3. The Labute approximate surface area is 328 Å². The Kier molecular flexibility index (Phi) is 12.5. The van der Waals surface area contributed by atoms with Crippen LogP contribution in [0.5, 0.6) is 11.5 Å². The molecule has 1 aliphatic carbocycles. The van der Waals surface area contributed by atoms with Crippen LogP contribution in [0.3, 0.4) is 0 Å². The van der Waals surface area contributed by atoms with Gasteiger partial charge in [0.05, 0.1) is 23.6 Å². The van der Waals surface area contributed by atoms with Crippen LogP contribution in [0.25, 0.3) is 11.3 Å². The Morgan fingerprint density at radius 2 is 1.77 bits per heavy atom. The second kappa shape index (κ2) is 17.4. The number of carbonyl (C=O) groups is 2. The summed E-state index contributed by atoms with van der Waals surface area (Å²) in [6.07, 6.45) is 6.86. The number of piperidine rings is 1. The highest BCUT2D eigenvalue weighted by Crippen LogP contribution is 2.39. The van der Waals surface area contributed by atoms with Crippen molar-refractivity contribution in [2.24, 2.45) is 0 Å². The molecule has 2 aromatic carbocycles. The molecule has 4 atom stereocenters. The molecule has 7 rings (SSSR count). The van der Waals surface area contributed by atoms with Crippen LogP contribution in [0.2, 0.25) is 0 Å². The number of urea groups is 1. The number of ether oxygens (including phenoxy) is 2. The lowest BCUT2D eigenvalue weighted by molar-refractivity contribution is -0.122. The monoisotopic (exact) mass is 765 g/mol. The minimum absolute atomic E-state index is 0.00802. The maximum absolute atomic E-state index is 13.8. The molecule has 56 heavy (non-hydrogen) atoms. The van der Waals surface area contributed by atoms with Crippen LogP contribution < -0.4 is 25.0 Å². The molecule has 0 spiro atoms. The van der Waals surface area contributed by atoms with E-state index < -0.39 is 0 Å². The Bertz CT molecular complexity index is 2110. The molecule has 3 aromatic heterocycles. The average molecular weight is 766 g/mol. The van der Waals surface area contributed by atoms with Crippen LogP contribution in [0.15, 0.2) is 72.9 Å². The highest BCUT2D eigenvalue weighted by molar-refractivity contribution is 5.89. The maximum Gasteiger partial charge on any atom is 0.320 e. The lowest BCUT2D eigenvalue weighted by Crippen LogP contribution is -2.38. The number of aromatic nitrogens is 5. The molecule has 2 amide bonds. The topological polar surface area (TPSA) is 151 Å². The molecular formula is C42H55N9O5. The Morgan fingerprint density at radius 1 is 1.00 bits per heavy atom. The quantitative estimate of drug-likeness (QED) is 0.123. The number of rotatable bonds is 10. The third-order valence-electron chi connectivity index (χ3n) is 10.2. The van der Waals surface area contributed by atoms with E-state index in [0.717, 1.165) is 84.4 Å². The molecule has 1 aliphatic heterocycles. The molecule has 0 bridgehead atoms. The van der Waals surface area contributed by atoms with Crippen molar-refractivity contribution >= 4 is 29.9 Å². The number of hydrogen-bond acceptors (Lipinski definition) is 9. The van der Waals surface area contributed by atoms with Crippen LogP contribution in [0, 0.1) is 0 Å². The van der Waals surface area contributed by atoms with Gasteiger partial charge in [-0.25, -0.2) is 9.48 Å². The van der Waals surface area contributed by atoms with Crippen LogP contribution in [0.4, 0.5) is 16.6 Å². The molecule has 14 nitrogen and oxygen atoms in total. The second-order valence-corrected chi connectivity index (χ2v) is 16.0. The van der Waals surface area contributed by atoms with Gasteiger partial charge in [0.1, 0.15) is 29.5 Å². The molecule has 0 radical (unpaired) electrons. The van der Waals surface area contributed by atoms with Gasteiger partial charge in [0.25, 0.3) is 6.47 Å². The fraction of sp³-hybridized carbons (Fsp3) is 0.452. The van der Waals surface area contributed by atoms with E-state index in [0.29, 0.717) is 11.9 Å². The van der Waals surface area contributed by atoms with Crippen molar-refractivity contribution < 1.29 is 24.2 Å². The van der Waals surface area contributed by atoms with Gasteiger partial charge in [0, 0.05) is 36.7 Å². The molecule has 0 saturated carbocycles. The summed E-state index contributed by atoms with van der Waals surface area (Å²) in [5, 5.41) is 27.2. The zero-order chi connectivity index (χ0) is 40.0. The van der Waals surface area contributed by atoms with E-state index in [1.807, 2.05) is 79.3 Å². The molecule has 298 valence electrons. The average Bonchev–Trinajstić information content (AvgIpc) is 3.77. The number of amides is 2. The Balaban J connectivity index is 0.00000172. The van der Waals surface area contributed by atoms with Crippen molar-refractivity contribution in [1.29, 1.82) is 0 Å². The van der Waals surface area contributed by atoms with E-state index in [1.165, 1.54) is 6.42 Å². The fourth-order valence-electron chi connectivity index (χ4n) is 7.52. The summed E-state index contributed by atoms with van der Waals surface area (Å²) in [6.45, 7) is 12.2. The number of carbonyl (C=O) groups excluding carboxylic acids is 1. The number of fused-ring (bicyclic) bond motifs is 2. The smallest absolute Gasteiger partial charge is 0.320 e. The first-order valence-corrected chi connectivity index (χ1v) is 19.4. The van der Waals surface area contributed by atoms with E-state index >= 15 is 0 Å². The molecule has 5 aromatic rings. The van der Waals surface area contributed by atoms with Crippen molar-refractivity contribution in [1.82, 2.24) is 34.6 Å². The summed E-state index contributed by atoms with van der Waals surface area (Å²) in [7, 11) is 4.06. The van der Waals surface area contributed by atoms with Crippen molar-refractivity contribution in [3.8, 4) is 17.2 Å². The molecule has 14 heteroatoms. The van der Waals surface area contributed by atoms with Gasteiger partial charge in [-0.2, -0.15) is 5.10 Å². The van der Waals surface area contributed by atoms with Crippen LogP contribution in [-0.4, -0.2) is 86.2 Å². The van der Waals surface area contributed by atoms with Gasteiger partial charge in [-0.05, 0) is 95.4 Å². The molecule has 3 N–H and O–H groups in total. The van der Waals surface area contributed by atoms with Gasteiger partial charge >= 0.3 is 6.03 Å². The molecule has 2 aliphatic rings. The number of pyridine rings is 1. The number of likely N-dealkylation sites (N-methyl/N-ethyl adjacent to an activating group) is 1. The minimum atomic E-state index is -0.296. The predicted octanol–water partition coefficient (Wildman–Crippen LogP) is 7.40. The van der Waals surface area contributed by atoms with Crippen molar-refractivity contribution in [3.63, 3.8) is 0 Å². The fourth-order valence-corrected chi connectivity index (χ4v) is 7.52. The number of nitrogens with zero attached hydrogens (tertiary/aromatic N) is 7. The summed E-state index contributed by atoms with van der Waals surface area (Å²) in [6, 6.07) is 21.9. The third-order valence-corrected chi connectivity index (χ3v) is 10.2. The predicted molar refractivity (Wildman–Crippen MR) is 217 cm³/mol. The van der Waals surface area contributed by atoms with Gasteiger partial charge in [-0.15, -0.1) is 10.2 Å². The molecule has 1 fully saturated rings.